The second-order valence-electron chi connectivity index (χ2n) is 5.93. The van der Waals surface area contributed by atoms with E-state index < -0.39 is 8.32 Å². The zero-order chi connectivity index (χ0) is 14.9. The highest BCUT2D eigenvalue weighted by atomic mass is 28.4. The Bertz CT molecular complexity index is 252. The Hall–Kier alpha value is -0.163. The topological polar surface area (TPSA) is 27.7 Å². The zero-order valence-electron chi connectivity index (χ0n) is 13.7. The van der Waals surface area contributed by atoms with Crippen molar-refractivity contribution in [3.05, 3.63) is 12.2 Å². The molecular weight excluding hydrogens is 256 g/mol. The minimum Gasteiger partial charge on any atom is -0.377 e. The van der Waals surface area contributed by atoms with Gasteiger partial charge in [0.25, 0.3) is 0 Å². The van der Waals surface area contributed by atoms with Crippen molar-refractivity contribution in [2.45, 2.75) is 71.7 Å². The lowest BCUT2D eigenvalue weighted by molar-refractivity contribution is -0.295. The maximum Gasteiger partial charge on any atom is 0.238 e. The van der Waals surface area contributed by atoms with E-state index in [9.17, 15) is 0 Å². The summed E-state index contributed by atoms with van der Waals surface area (Å²) in [5.41, 5.74) is 0.747. The van der Waals surface area contributed by atoms with E-state index in [0.29, 0.717) is 13.2 Å². The quantitative estimate of drug-likeness (QED) is 0.181. The van der Waals surface area contributed by atoms with Crippen LogP contribution in [0.25, 0.3) is 0 Å². The Labute approximate surface area is 120 Å². The molecule has 0 aliphatic rings. The summed E-state index contributed by atoms with van der Waals surface area (Å²) in [6.07, 6.45) is 0.821. The molecule has 0 aromatic rings. The molecule has 0 aromatic carbocycles. The van der Waals surface area contributed by atoms with Crippen LogP contribution in [0.5, 0.6) is 0 Å². The molecule has 4 heteroatoms. The summed E-state index contributed by atoms with van der Waals surface area (Å²) in [4.78, 5) is 5.73. The summed E-state index contributed by atoms with van der Waals surface area (Å²) in [6.45, 7) is 17.8. The van der Waals surface area contributed by atoms with Crippen molar-refractivity contribution in [2.75, 3.05) is 13.2 Å². The average Bonchev–Trinajstić information content (AvgIpc) is 2.37. The van der Waals surface area contributed by atoms with Gasteiger partial charge in [0.15, 0.2) is 0 Å². The maximum absolute atomic E-state index is 5.89. The molecule has 0 aliphatic heterocycles. The van der Waals surface area contributed by atoms with Crippen molar-refractivity contribution >= 4 is 8.32 Å². The number of ether oxygens (including phenoxy) is 1. The van der Waals surface area contributed by atoms with Crippen molar-refractivity contribution in [1.29, 1.82) is 0 Å². The van der Waals surface area contributed by atoms with Gasteiger partial charge in [-0.05, 0) is 38.9 Å². The van der Waals surface area contributed by atoms with Crippen LogP contribution in [-0.2, 0) is 14.2 Å². The maximum atomic E-state index is 5.89. The Balaban J connectivity index is 4.10. The monoisotopic (exact) mass is 288 g/mol. The van der Waals surface area contributed by atoms with E-state index in [4.69, 9.17) is 14.2 Å². The van der Waals surface area contributed by atoms with Crippen LogP contribution in [-0.4, -0.2) is 27.1 Å². The second-order valence-corrected chi connectivity index (χ2v) is 10.6. The van der Waals surface area contributed by atoms with Crippen LogP contribution < -0.4 is 0 Å². The van der Waals surface area contributed by atoms with Crippen molar-refractivity contribution in [2.24, 2.45) is 0 Å². The molecule has 3 nitrogen and oxygen atoms in total. The molecule has 0 spiro atoms. The summed E-state index contributed by atoms with van der Waals surface area (Å²) in [5, 5.41) is 0. The second kappa shape index (κ2) is 8.90. The van der Waals surface area contributed by atoms with Gasteiger partial charge in [-0.25, -0.2) is 4.89 Å². The molecule has 0 saturated heterocycles. The molecule has 0 rings (SSSR count). The third-order valence-corrected chi connectivity index (χ3v) is 7.88. The van der Waals surface area contributed by atoms with Crippen LogP contribution in [0, 0.1) is 0 Å². The van der Waals surface area contributed by atoms with Crippen molar-refractivity contribution < 1.29 is 14.2 Å². The van der Waals surface area contributed by atoms with Gasteiger partial charge < -0.3 is 4.74 Å². The summed E-state index contributed by atoms with van der Waals surface area (Å²) in [7, 11) is -1.67. The number of hydrogen-bond acceptors (Lipinski definition) is 3. The SMILES string of the molecule is C=C(C)COCCC(C)(C)OO[Si](CC)(CC)CC. The van der Waals surface area contributed by atoms with Crippen LogP contribution in [0.1, 0.15) is 48.0 Å². The third kappa shape index (κ3) is 7.87. The molecule has 0 fully saturated rings. The molecule has 0 heterocycles. The summed E-state index contributed by atoms with van der Waals surface area (Å²) in [5.74, 6) is 0. The third-order valence-electron chi connectivity index (χ3n) is 3.57. The van der Waals surface area contributed by atoms with E-state index in [1.807, 2.05) is 6.92 Å². The van der Waals surface area contributed by atoms with Crippen LogP contribution in [0.4, 0.5) is 0 Å². The van der Waals surface area contributed by atoms with Gasteiger partial charge in [-0.1, -0.05) is 32.9 Å². The molecule has 0 saturated carbocycles. The van der Waals surface area contributed by atoms with Gasteiger partial charge in [0.2, 0.25) is 8.32 Å². The molecule has 0 aromatic heterocycles. The van der Waals surface area contributed by atoms with Crippen LogP contribution >= 0.6 is 0 Å². The minimum absolute atomic E-state index is 0.299. The van der Waals surface area contributed by atoms with Gasteiger partial charge >= 0.3 is 0 Å². The molecular formula is C15H32O3Si. The fourth-order valence-electron chi connectivity index (χ4n) is 1.73. The first-order valence-electron chi connectivity index (χ1n) is 7.39. The van der Waals surface area contributed by atoms with Gasteiger partial charge in [-0.15, -0.1) is 0 Å². The zero-order valence-corrected chi connectivity index (χ0v) is 14.7. The van der Waals surface area contributed by atoms with E-state index in [2.05, 4.69) is 41.2 Å². The predicted octanol–water partition coefficient (Wildman–Crippen LogP) is 4.70. The van der Waals surface area contributed by atoms with Gasteiger partial charge in [-0.2, -0.15) is 0 Å². The summed E-state index contributed by atoms with van der Waals surface area (Å²) < 4.78 is 11.4. The fraction of sp³-hybridized carbons (Fsp3) is 0.867. The molecule has 0 unspecified atom stereocenters. The first-order valence-corrected chi connectivity index (χ1v) is 9.92. The van der Waals surface area contributed by atoms with Crippen molar-refractivity contribution in [3.8, 4) is 0 Å². The predicted molar refractivity (Wildman–Crippen MR) is 83.7 cm³/mol. The Morgan fingerprint density at radius 1 is 1.11 bits per heavy atom. The molecule has 114 valence electrons. The molecule has 19 heavy (non-hydrogen) atoms. The first kappa shape index (κ1) is 18.8. The minimum atomic E-state index is -1.67. The Kier molecular flexibility index (Phi) is 8.82. The van der Waals surface area contributed by atoms with Crippen LogP contribution in [0.15, 0.2) is 12.2 Å². The fourth-order valence-corrected chi connectivity index (χ4v) is 3.99. The van der Waals surface area contributed by atoms with Gasteiger partial charge in [0, 0.05) is 13.0 Å². The standard InChI is InChI=1S/C15H32O3Si/c1-8-19(9-2,10-3)18-17-15(6,7)11-12-16-13-14(4)5/h4,8-13H2,1-3,5-7H3. The summed E-state index contributed by atoms with van der Waals surface area (Å²) in [6, 6.07) is 3.30. The Morgan fingerprint density at radius 2 is 1.63 bits per heavy atom. The molecule has 0 amide bonds. The largest absolute Gasteiger partial charge is 0.377 e. The lowest BCUT2D eigenvalue weighted by Crippen LogP contribution is -2.40. The van der Waals surface area contributed by atoms with E-state index in [-0.39, 0.29) is 5.60 Å². The number of rotatable bonds is 11. The van der Waals surface area contributed by atoms with E-state index in [1.54, 1.807) is 0 Å². The summed E-state index contributed by atoms with van der Waals surface area (Å²) >= 11 is 0. The van der Waals surface area contributed by atoms with Crippen molar-refractivity contribution in [3.63, 3.8) is 0 Å². The van der Waals surface area contributed by atoms with Crippen LogP contribution in [0.3, 0.4) is 0 Å². The van der Waals surface area contributed by atoms with E-state index in [0.717, 1.165) is 30.1 Å². The van der Waals surface area contributed by atoms with E-state index in [1.165, 1.54) is 0 Å². The average molecular weight is 289 g/mol. The normalized spacial score (nSPS) is 12.7. The highest BCUT2D eigenvalue weighted by molar-refractivity contribution is 6.73. The van der Waals surface area contributed by atoms with E-state index >= 15 is 0 Å². The first-order chi connectivity index (χ1) is 8.81. The highest BCUT2D eigenvalue weighted by Gasteiger charge is 2.33. The van der Waals surface area contributed by atoms with Crippen LogP contribution in [0.2, 0.25) is 18.1 Å². The molecule has 0 radical (unpaired) electrons. The number of hydrogen-bond donors (Lipinski definition) is 0. The molecule has 0 bridgehead atoms. The molecule has 0 aliphatic carbocycles. The lowest BCUT2D eigenvalue weighted by Gasteiger charge is -2.32. The van der Waals surface area contributed by atoms with Gasteiger partial charge in [-0.3, -0.25) is 4.58 Å². The Morgan fingerprint density at radius 3 is 2.05 bits per heavy atom. The van der Waals surface area contributed by atoms with Gasteiger partial charge in [0.05, 0.1) is 12.2 Å². The van der Waals surface area contributed by atoms with Crippen molar-refractivity contribution in [1.82, 2.24) is 0 Å². The van der Waals surface area contributed by atoms with Gasteiger partial charge in [0.1, 0.15) is 0 Å². The molecule has 0 atom stereocenters. The lowest BCUT2D eigenvalue weighted by atomic mass is 10.1. The smallest absolute Gasteiger partial charge is 0.238 e. The highest BCUT2D eigenvalue weighted by Crippen LogP contribution is 2.25. The molecule has 0 N–H and O–H groups in total.